The third-order valence-corrected chi connectivity index (χ3v) is 6.43. The van der Waals surface area contributed by atoms with E-state index in [1.807, 2.05) is 30.0 Å². The van der Waals surface area contributed by atoms with Crippen LogP contribution in [0.1, 0.15) is 43.0 Å². The van der Waals surface area contributed by atoms with Gasteiger partial charge in [0.15, 0.2) is 0 Å². The van der Waals surface area contributed by atoms with Gasteiger partial charge in [0.25, 0.3) is 5.91 Å². The number of ether oxygens (including phenoxy) is 2. The predicted molar refractivity (Wildman–Crippen MR) is 118 cm³/mol. The molecule has 2 aliphatic rings. The van der Waals surface area contributed by atoms with Crippen molar-refractivity contribution in [2.24, 2.45) is 5.41 Å². The van der Waals surface area contributed by atoms with Crippen molar-refractivity contribution in [1.29, 1.82) is 0 Å². The van der Waals surface area contributed by atoms with Crippen LogP contribution in [0.4, 0.5) is 11.6 Å². The summed E-state index contributed by atoms with van der Waals surface area (Å²) < 4.78 is 11.2. The highest BCUT2D eigenvalue weighted by Gasteiger charge is 2.45. The number of carbonyl (C=O) groups is 1. The summed E-state index contributed by atoms with van der Waals surface area (Å²) in [4.78, 5) is 27.1. The second-order valence-electron chi connectivity index (χ2n) is 8.36. The average molecular weight is 422 g/mol. The molecule has 3 aromatic rings. The Kier molecular flexibility index (Phi) is 4.92. The van der Waals surface area contributed by atoms with E-state index in [0.717, 1.165) is 31.3 Å². The van der Waals surface area contributed by atoms with Gasteiger partial charge in [-0.05, 0) is 62.3 Å². The van der Waals surface area contributed by atoms with Gasteiger partial charge >= 0.3 is 0 Å². The first-order valence-electron chi connectivity index (χ1n) is 10.8. The average Bonchev–Trinajstić information content (AvgIpc) is 3.36. The molecule has 8 nitrogen and oxygen atoms in total. The van der Waals surface area contributed by atoms with Gasteiger partial charge in [0.1, 0.15) is 11.4 Å². The van der Waals surface area contributed by atoms with Crippen LogP contribution in [0.2, 0.25) is 0 Å². The Morgan fingerprint density at radius 1 is 1.19 bits per heavy atom. The summed E-state index contributed by atoms with van der Waals surface area (Å²) in [6, 6.07) is 7.33. The monoisotopic (exact) mass is 421 g/mol. The van der Waals surface area contributed by atoms with Crippen molar-refractivity contribution in [1.82, 2.24) is 19.9 Å². The van der Waals surface area contributed by atoms with E-state index in [4.69, 9.17) is 9.47 Å². The fourth-order valence-corrected chi connectivity index (χ4v) is 4.31. The maximum Gasteiger partial charge on any atom is 0.253 e. The van der Waals surface area contributed by atoms with Gasteiger partial charge in [0.05, 0.1) is 24.8 Å². The number of hydrogen-bond donors (Lipinski definition) is 2. The molecule has 0 atom stereocenters. The Morgan fingerprint density at radius 2 is 2.00 bits per heavy atom. The molecule has 2 N–H and O–H groups in total. The molecule has 0 bridgehead atoms. The largest absolute Gasteiger partial charge is 0.495 e. The van der Waals surface area contributed by atoms with E-state index in [1.165, 1.54) is 12.8 Å². The molecule has 1 spiro atoms. The van der Waals surface area contributed by atoms with Gasteiger partial charge in [-0.1, -0.05) is 0 Å². The highest BCUT2D eigenvalue weighted by Crippen LogP contribution is 2.53. The summed E-state index contributed by atoms with van der Waals surface area (Å²) in [5, 5.41) is 4.03. The van der Waals surface area contributed by atoms with Gasteiger partial charge in [-0.2, -0.15) is 9.97 Å². The molecule has 1 saturated heterocycles. The summed E-state index contributed by atoms with van der Waals surface area (Å²) in [5.41, 5.74) is 2.54. The summed E-state index contributed by atoms with van der Waals surface area (Å²) in [5.74, 6) is 1.53. The molecule has 162 valence electrons. The molecule has 31 heavy (non-hydrogen) atoms. The Hall–Kier alpha value is -3.29. The summed E-state index contributed by atoms with van der Waals surface area (Å²) in [7, 11) is 1.59. The number of nitrogens with one attached hydrogen (secondary N) is 2. The van der Waals surface area contributed by atoms with Crippen molar-refractivity contribution in [2.45, 2.75) is 32.6 Å². The van der Waals surface area contributed by atoms with Crippen molar-refractivity contribution >= 4 is 28.6 Å². The number of amides is 1. The Labute approximate surface area is 181 Å². The van der Waals surface area contributed by atoms with Crippen LogP contribution in [0.3, 0.4) is 0 Å². The normalized spacial score (nSPS) is 17.0. The van der Waals surface area contributed by atoms with Gasteiger partial charge in [-0.15, -0.1) is 0 Å². The molecule has 8 heteroatoms. The maximum absolute atomic E-state index is 13.0. The number of hydrogen-bond acceptors (Lipinski definition) is 6. The Bertz CT molecular complexity index is 1110. The van der Waals surface area contributed by atoms with Crippen LogP contribution in [0.5, 0.6) is 11.6 Å². The highest BCUT2D eigenvalue weighted by atomic mass is 16.5. The maximum atomic E-state index is 13.0. The first kappa shape index (κ1) is 19.7. The van der Waals surface area contributed by atoms with Gasteiger partial charge in [0, 0.05) is 24.8 Å². The molecule has 0 radical (unpaired) electrons. The fourth-order valence-electron chi connectivity index (χ4n) is 4.31. The topological polar surface area (TPSA) is 92.4 Å². The lowest BCUT2D eigenvalue weighted by atomic mass is 9.93. The van der Waals surface area contributed by atoms with Crippen LogP contribution < -0.4 is 14.8 Å². The zero-order valence-electron chi connectivity index (χ0n) is 17.9. The first-order valence-corrected chi connectivity index (χ1v) is 10.8. The molecule has 5 rings (SSSR count). The quantitative estimate of drug-likeness (QED) is 0.622. The number of aromatic nitrogens is 3. The molecule has 1 aliphatic heterocycles. The minimum absolute atomic E-state index is 0.0584. The third-order valence-electron chi connectivity index (χ3n) is 6.43. The second-order valence-corrected chi connectivity index (χ2v) is 8.36. The SMILES string of the molecule is CCOc1nc(Nc2ccc(C(=O)N3CCC4(CC3)CC4)cc2OC)nc2[nH]ccc12. The van der Waals surface area contributed by atoms with E-state index in [2.05, 4.69) is 20.3 Å². The van der Waals surface area contributed by atoms with E-state index < -0.39 is 0 Å². The van der Waals surface area contributed by atoms with Crippen molar-refractivity contribution in [3.8, 4) is 11.6 Å². The molecule has 2 fully saturated rings. The smallest absolute Gasteiger partial charge is 0.253 e. The number of carbonyl (C=O) groups excluding carboxylic acids is 1. The minimum Gasteiger partial charge on any atom is -0.495 e. The molecular weight excluding hydrogens is 394 g/mol. The molecule has 0 unspecified atom stereocenters. The van der Waals surface area contributed by atoms with Gasteiger partial charge in [0.2, 0.25) is 11.8 Å². The molecule has 1 aliphatic carbocycles. The lowest BCUT2D eigenvalue weighted by Crippen LogP contribution is -2.39. The van der Waals surface area contributed by atoms with Crippen LogP contribution >= 0.6 is 0 Å². The summed E-state index contributed by atoms with van der Waals surface area (Å²) >= 11 is 0. The Balaban J connectivity index is 1.36. The van der Waals surface area contributed by atoms with Crippen LogP contribution in [0.25, 0.3) is 11.0 Å². The number of methoxy groups -OCH3 is 1. The van der Waals surface area contributed by atoms with Gasteiger partial charge in [-0.3, -0.25) is 4.79 Å². The third kappa shape index (κ3) is 3.78. The molecule has 1 aromatic carbocycles. The first-order chi connectivity index (χ1) is 15.1. The van der Waals surface area contributed by atoms with Crippen LogP contribution in [0.15, 0.2) is 30.5 Å². The number of aromatic amines is 1. The van der Waals surface area contributed by atoms with E-state index in [1.54, 1.807) is 19.4 Å². The molecule has 1 amide bonds. The number of piperidine rings is 1. The second kappa shape index (κ2) is 7.76. The van der Waals surface area contributed by atoms with Crippen molar-refractivity contribution < 1.29 is 14.3 Å². The zero-order chi connectivity index (χ0) is 21.4. The Morgan fingerprint density at radius 3 is 2.71 bits per heavy atom. The standard InChI is InChI=1S/C23H27N5O3/c1-3-31-20-16-6-11-24-19(16)26-22(27-20)25-17-5-4-15(14-18(17)30-2)21(29)28-12-9-23(7-8-23)10-13-28/h4-6,11,14H,3,7-10,12-13H2,1-2H3,(H2,24,25,26,27). The fraction of sp³-hybridized carbons (Fsp3) is 0.435. The van der Waals surface area contributed by atoms with Gasteiger partial charge < -0.3 is 24.7 Å². The number of anilines is 2. The number of likely N-dealkylation sites (tertiary alicyclic amines) is 1. The van der Waals surface area contributed by atoms with Gasteiger partial charge in [-0.25, -0.2) is 0 Å². The zero-order valence-corrected chi connectivity index (χ0v) is 17.9. The number of fused-ring (bicyclic) bond motifs is 1. The van der Waals surface area contributed by atoms with Crippen LogP contribution in [-0.4, -0.2) is 52.6 Å². The minimum atomic E-state index is 0.0584. The predicted octanol–water partition coefficient (Wildman–Crippen LogP) is 4.13. The lowest BCUT2D eigenvalue weighted by molar-refractivity contribution is 0.0678. The van der Waals surface area contributed by atoms with Crippen LogP contribution in [-0.2, 0) is 0 Å². The molecule has 1 saturated carbocycles. The van der Waals surface area contributed by atoms with E-state index >= 15 is 0 Å². The van der Waals surface area contributed by atoms with E-state index in [-0.39, 0.29) is 5.91 Å². The molecule has 2 aromatic heterocycles. The lowest BCUT2D eigenvalue weighted by Gasteiger charge is -2.32. The van der Waals surface area contributed by atoms with E-state index in [0.29, 0.717) is 46.5 Å². The molecular formula is C23H27N5O3. The van der Waals surface area contributed by atoms with Crippen molar-refractivity contribution in [3.05, 3.63) is 36.0 Å². The number of benzene rings is 1. The highest BCUT2D eigenvalue weighted by molar-refractivity contribution is 5.95. The number of nitrogens with zero attached hydrogens (tertiary/aromatic N) is 3. The summed E-state index contributed by atoms with van der Waals surface area (Å²) in [6.45, 7) is 4.10. The van der Waals surface area contributed by atoms with Crippen molar-refractivity contribution in [3.63, 3.8) is 0 Å². The number of rotatable bonds is 6. The number of H-pyrrole nitrogens is 1. The van der Waals surface area contributed by atoms with Crippen LogP contribution in [0, 0.1) is 5.41 Å². The van der Waals surface area contributed by atoms with Crippen molar-refractivity contribution in [2.75, 3.05) is 32.1 Å². The summed E-state index contributed by atoms with van der Waals surface area (Å²) in [6.07, 6.45) is 6.69. The van der Waals surface area contributed by atoms with E-state index in [9.17, 15) is 4.79 Å². The molecule has 3 heterocycles.